The molecule has 1 aromatic rings. The van der Waals surface area contributed by atoms with E-state index in [1.807, 2.05) is 0 Å². The van der Waals surface area contributed by atoms with Gasteiger partial charge in [0, 0.05) is 6.42 Å². The maximum absolute atomic E-state index is 11.1. The van der Waals surface area contributed by atoms with Crippen molar-refractivity contribution in [3.05, 3.63) is 35.4 Å². The fraction of sp³-hybridized carbons (Fsp3) is 0.684. The van der Waals surface area contributed by atoms with E-state index in [4.69, 9.17) is 4.74 Å². The van der Waals surface area contributed by atoms with Gasteiger partial charge in [-0.15, -0.1) is 0 Å². The second kappa shape index (κ2) is 6.50. The van der Waals surface area contributed by atoms with Gasteiger partial charge in [0.15, 0.2) is 0 Å². The lowest BCUT2D eigenvalue weighted by Crippen LogP contribution is -2.32. The smallest absolute Gasteiger partial charge is 0.0855 e. The quantitative estimate of drug-likeness (QED) is 0.835. The van der Waals surface area contributed by atoms with Crippen LogP contribution in [0.4, 0.5) is 0 Å². The third-order valence-corrected chi connectivity index (χ3v) is 5.51. The standard InChI is InChI=1S/C19H28O2/c1-2-15-6-5-11-19(20,12-9-15)14-18-17-8-4-3-7-16(17)10-13-21-18/h3-4,7-8,15,18,20H,2,5-6,9-14H2,1H3. The molecule has 3 atom stereocenters. The van der Waals surface area contributed by atoms with Gasteiger partial charge in [0.05, 0.1) is 18.3 Å². The van der Waals surface area contributed by atoms with E-state index >= 15 is 0 Å². The summed E-state index contributed by atoms with van der Waals surface area (Å²) in [5, 5.41) is 11.1. The van der Waals surface area contributed by atoms with Crippen molar-refractivity contribution in [2.24, 2.45) is 5.92 Å². The molecule has 3 unspecified atom stereocenters. The van der Waals surface area contributed by atoms with E-state index < -0.39 is 5.60 Å². The molecule has 1 aliphatic carbocycles. The molecule has 2 heteroatoms. The number of fused-ring (bicyclic) bond motifs is 1. The lowest BCUT2D eigenvalue weighted by molar-refractivity contribution is -0.0541. The second-order valence-electron chi connectivity index (χ2n) is 6.94. The predicted octanol–water partition coefficient (Wildman–Crippen LogP) is 4.41. The molecule has 1 saturated carbocycles. The first-order valence-corrected chi connectivity index (χ1v) is 8.62. The summed E-state index contributed by atoms with van der Waals surface area (Å²) in [6, 6.07) is 8.57. The van der Waals surface area contributed by atoms with Crippen LogP contribution in [0.5, 0.6) is 0 Å². The van der Waals surface area contributed by atoms with Crippen molar-refractivity contribution < 1.29 is 9.84 Å². The fourth-order valence-corrected chi connectivity index (χ4v) is 4.07. The molecular weight excluding hydrogens is 260 g/mol. The number of ether oxygens (including phenoxy) is 1. The number of benzene rings is 1. The summed E-state index contributed by atoms with van der Waals surface area (Å²) in [6.45, 7) is 3.06. The molecule has 21 heavy (non-hydrogen) atoms. The minimum atomic E-state index is -0.529. The number of hydrogen-bond acceptors (Lipinski definition) is 2. The van der Waals surface area contributed by atoms with Crippen LogP contribution in [0.25, 0.3) is 0 Å². The molecule has 1 aliphatic heterocycles. The summed E-state index contributed by atoms with van der Waals surface area (Å²) in [7, 11) is 0. The van der Waals surface area contributed by atoms with E-state index in [9.17, 15) is 5.11 Å². The van der Waals surface area contributed by atoms with E-state index in [1.54, 1.807) is 0 Å². The molecule has 116 valence electrons. The van der Waals surface area contributed by atoms with Gasteiger partial charge in [-0.25, -0.2) is 0 Å². The van der Waals surface area contributed by atoms with Crippen LogP contribution in [0.2, 0.25) is 0 Å². The van der Waals surface area contributed by atoms with Gasteiger partial charge in [0.1, 0.15) is 0 Å². The monoisotopic (exact) mass is 288 g/mol. The summed E-state index contributed by atoms with van der Waals surface area (Å²) >= 11 is 0. The molecule has 2 nitrogen and oxygen atoms in total. The van der Waals surface area contributed by atoms with Gasteiger partial charge in [0.25, 0.3) is 0 Å². The topological polar surface area (TPSA) is 29.5 Å². The Morgan fingerprint density at radius 3 is 2.95 bits per heavy atom. The third-order valence-electron chi connectivity index (χ3n) is 5.51. The third kappa shape index (κ3) is 3.49. The Hall–Kier alpha value is -0.860. The molecule has 1 fully saturated rings. The summed E-state index contributed by atoms with van der Waals surface area (Å²) in [5.41, 5.74) is 2.17. The molecule has 0 saturated heterocycles. The van der Waals surface area contributed by atoms with Gasteiger partial charge in [-0.2, -0.15) is 0 Å². The summed E-state index contributed by atoms with van der Waals surface area (Å²) in [4.78, 5) is 0. The number of aliphatic hydroxyl groups is 1. The summed E-state index contributed by atoms with van der Waals surface area (Å²) in [6.07, 6.45) is 8.57. The van der Waals surface area contributed by atoms with Gasteiger partial charge in [-0.3, -0.25) is 0 Å². The maximum Gasteiger partial charge on any atom is 0.0855 e. The highest BCUT2D eigenvalue weighted by Crippen LogP contribution is 2.40. The molecule has 1 aromatic carbocycles. The van der Waals surface area contributed by atoms with Crippen molar-refractivity contribution in [3.8, 4) is 0 Å². The molecule has 0 spiro atoms. The van der Waals surface area contributed by atoms with Crippen LogP contribution in [0.3, 0.4) is 0 Å². The Morgan fingerprint density at radius 2 is 2.10 bits per heavy atom. The van der Waals surface area contributed by atoms with Crippen molar-refractivity contribution in [3.63, 3.8) is 0 Å². The predicted molar refractivity (Wildman–Crippen MR) is 85.3 cm³/mol. The molecule has 1 heterocycles. The fourth-order valence-electron chi connectivity index (χ4n) is 4.07. The Balaban J connectivity index is 1.71. The van der Waals surface area contributed by atoms with Gasteiger partial charge in [0.2, 0.25) is 0 Å². The highest BCUT2D eigenvalue weighted by molar-refractivity contribution is 5.31. The summed E-state index contributed by atoms with van der Waals surface area (Å²) < 4.78 is 6.01. The van der Waals surface area contributed by atoms with E-state index in [0.29, 0.717) is 0 Å². The SMILES string of the molecule is CCC1CCCC(O)(CC2OCCc3ccccc32)CC1. The normalized spacial score (nSPS) is 33.2. The zero-order chi connectivity index (χ0) is 14.7. The van der Waals surface area contributed by atoms with Crippen molar-refractivity contribution in [2.75, 3.05) is 6.61 Å². The molecular formula is C19H28O2. The van der Waals surface area contributed by atoms with Crippen LogP contribution >= 0.6 is 0 Å². The molecule has 2 aliphatic rings. The van der Waals surface area contributed by atoms with Crippen molar-refractivity contribution >= 4 is 0 Å². The lowest BCUT2D eigenvalue weighted by Gasteiger charge is -2.34. The van der Waals surface area contributed by atoms with Crippen molar-refractivity contribution in [1.82, 2.24) is 0 Å². The van der Waals surface area contributed by atoms with Crippen LogP contribution in [-0.4, -0.2) is 17.3 Å². The zero-order valence-corrected chi connectivity index (χ0v) is 13.2. The average molecular weight is 288 g/mol. The van der Waals surface area contributed by atoms with Gasteiger partial charge < -0.3 is 9.84 Å². The van der Waals surface area contributed by atoms with Gasteiger partial charge in [-0.05, 0) is 42.7 Å². The largest absolute Gasteiger partial charge is 0.390 e. The minimum Gasteiger partial charge on any atom is -0.390 e. The van der Waals surface area contributed by atoms with Crippen LogP contribution in [0, 0.1) is 5.92 Å². The second-order valence-corrected chi connectivity index (χ2v) is 6.94. The zero-order valence-electron chi connectivity index (χ0n) is 13.2. The first-order valence-electron chi connectivity index (χ1n) is 8.62. The van der Waals surface area contributed by atoms with Gasteiger partial charge >= 0.3 is 0 Å². The maximum atomic E-state index is 11.1. The van der Waals surface area contributed by atoms with Gasteiger partial charge in [-0.1, -0.05) is 50.5 Å². The van der Waals surface area contributed by atoms with Crippen LogP contribution in [0.15, 0.2) is 24.3 Å². The minimum absolute atomic E-state index is 0.0816. The van der Waals surface area contributed by atoms with E-state index in [1.165, 1.54) is 30.4 Å². The molecule has 3 rings (SSSR count). The molecule has 0 amide bonds. The van der Waals surface area contributed by atoms with Crippen LogP contribution < -0.4 is 0 Å². The van der Waals surface area contributed by atoms with Crippen LogP contribution in [0.1, 0.15) is 69.1 Å². The Kier molecular flexibility index (Phi) is 4.66. The van der Waals surface area contributed by atoms with Crippen molar-refractivity contribution in [2.45, 2.75) is 70.0 Å². The first kappa shape index (κ1) is 15.1. The molecule has 1 N–H and O–H groups in total. The Bertz CT molecular complexity index is 470. The molecule has 0 radical (unpaired) electrons. The van der Waals surface area contributed by atoms with Crippen molar-refractivity contribution in [1.29, 1.82) is 0 Å². The van der Waals surface area contributed by atoms with E-state index in [0.717, 1.165) is 44.6 Å². The van der Waals surface area contributed by atoms with E-state index in [2.05, 4.69) is 31.2 Å². The van der Waals surface area contributed by atoms with E-state index in [-0.39, 0.29) is 6.10 Å². The highest BCUT2D eigenvalue weighted by Gasteiger charge is 2.35. The lowest BCUT2D eigenvalue weighted by atomic mass is 9.84. The first-order chi connectivity index (χ1) is 10.2. The highest BCUT2D eigenvalue weighted by atomic mass is 16.5. The number of hydrogen-bond donors (Lipinski definition) is 1. The molecule has 0 aromatic heterocycles. The number of rotatable bonds is 3. The summed E-state index contributed by atoms with van der Waals surface area (Å²) in [5.74, 6) is 0.804. The Labute approximate surface area is 128 Å². The Morgan fingerprint density at radius 1 is 1.24 bits per heavy atom. The van der Waals surface area contributed by atoms with Crippen LogP contribution in [-0.2, 0) is 11.2 Å². The molecule has 0 bridgehead atoms. The average Bonchev–Trinajstić information content (AvgIpc) is 2.69.